The lowest BCUT2D eigenvalue weighted by Gasteiger charge is -2.11. The number of carbonyl (C=O) groups is 2. The van der Waals surface area contributed by atoms with Crippen LogP contribution in [0, 0.1) is 19.7 Å². The number of rotatable bonds is 6. The van der Waals surface area contributed by atoms with E-state index in [1.807, 2.05) is 32.0 Å². The van der Waals surface area contributed by atoms with Gasteiger partial charge in [-0.25, -0.2) is 4.39 Å². The summed E-state index contributed by atoms with van der Waals surface area (Å²) in [6, 6.07) is 15.2. The van der Waals surface area contributed by atoms with Crippen molar-refractivity contribution in [2.24, 2.45) is 0 Å². The van der Waals surface area contributed by atoms with Gasteiger partial charge in [-0.3, -0.25) is 14.6 Å². The molecule has 0 saturated heterocycles. The second-order valence-electron chi connectivity index (χ2n) is 6.75. The summed E-state index contributed by atoms with van der Waals surface area (Å²) in [5.41, 5.74) is 3.63. The van der Waals surface area contributed by atoms with Crippen molar-refractivity contribution in [3.63, 3.8) is 0 Å². The third-order valence-corrected chi connectivity index (χ3v) is 4.61. The summed E-state index contributed by atoms with van der Waals surface area (Å²) in [4.78, 5) is 29.1. The number of carbonyl (C=O) groups excluding carboxylic acids is 2. The highest BCUT2D eigenvalue weighted by Crippen LogP contribution is 2.20. The van der Waals surface area contributed by atoms with Gasteiger partial charge in [-0.15, -0.1) is 0 Å². The minimum atomic E-state index is -0.386. The maximum Gasteiger partial charge on any atom is 0.274 e. The van der Waals surface area contributed by atoms with Crippen LogP contribution in [0.25, 0.3) is 0 Å². The van der Waals surface area contributed by atoms with Gasteiger partial charge < -0.3 is 10.6 Å². The second-order valence-corrected chi connectivity index (χ2v) is 6.75. The van der Waals surface area contributed by atoms with E-state index >= 15 is 0 Å². The topological polar surface area (TPSA) is 71.1 Å². The molecular formula is C23H22FN3O2. The summed E-state index contributed by atoms with van der Waals surface area (Å²) in [5, 5.41) is 5.60. The van der Waals surface area contributed by atoms with Gasteiger partial charge in [0.2, 0.25) is 0 Å². The van der Waals surface area contributed by atoms with E-state index in [-0.39, 0.29) is 29.9 Å². The molecule has 2 N–H and O–H groups in total. The summed E-state index contributed by atoms with van der Waals surface area (Å²) < 4.78 is 13.6. The lowest BCUT2D eigenvalue weighted by Crippen LogP contribution is -2.26. The van der Waals surface area contributed by atoms with Crippen LogP contribution in [0.4, 0.5) is 10.1 Å². The van der Waals surface area contributed by atoms with E-state index in [0.29, 0.717) is 17.5 Å². The number of hydrogen-bond donors (Lipinski definition) is 2. The van der Waals surface area contributed by atoms with Crippen molar-refractivity contribution in [1.29, 1.82) is 0 Å². The first-order valence-corrected chi connectivity index (χ1v) is 9.31. The number of amides is 2. The van der Waals surface area contributed by atoms with Crippen molar-refractivity contribution in [3.05, 3.63) is 94.6 Å². The molecule has 3 aromatic rings. The lowest BCUT2D eigenvalue weighted by atomic mass is 10.1. The van der Waals surface area contributed by atoms with Crippen molar-refractivity contribution in [2.75, 3.05) is 11.9 Å². The lowest BCUT2D eigenvalue weighted by molar-refractivity contribution is 0.0954. The first kappa shape index (κ1) is 20.2. The molecule has 0 spiro atoms. The Morgan fingerprint density at radius 3 is 2.41 bits per heavy atom. The van der Waals surface area contributed by atoms with Gasteiger partial charge in [0, 0.05) is 24.0 Å². The normalized spacial score (nSPS) is 10.4. The molecule has 0 atom stereocenters. The molecule has 0 fully saturated rings. The highest BCUT2D eigenvalue weighted by Gasteiger charge is 2.14. The first-order valence-electron chi connectivity index (χ1n) is 9.31. The van der Waals surface area contributed by atoms with Crippen LogP contribution in [-0.2, 0) is 6.42 Å². The molecule has 3 rings (SSSR count). The second kappa shape index (κ2) is 9.10. The van der Waals surface area contributed by atoms with Gasteiger partial charge >= 0.3 is 0 Å². The minimum Gasteiger partial charge on any atom is -0.352 e. The molecule has 0 aliphatic carbocycles. The molecule has 5 nitrogen and oxygen atoms in total. The van der Waals surface area contributed by atoms with Crippen LogP contribution in [0.3, 0.4) is 0 Å². The summed E-state index contributed by atoms with van der Waals surface area (Å²) >= 11 is 0. The molecule has 148 valence electrons. The quantitative estimate of drug-likeness (QED) is 0.666. The zero-order valence-corrected chi connectivity index (χ0v) is 16.3. The van der Waals surface area contributed by atoms with E-state index in [9.17, 15) is 14.0 Å². The Bertz CT molecular complexity index is 1030. The van der Waals surface area contributed by atoms with E-state index < -0.39 is 0 Å². The number of benzene rings is 2. The number of nitrogens with zero attached hydrogens (tertiary/aromatic N) is 1. The largest absolute Gasteiger partial charge is 0.352 e. The van der Waals surface area contributed by atoms with Crippen LogP contribution in [0.15, 0.2) is 60.8 Å². The third kappa shape index (κ3) is 5.04. The summed E-state index contributed by atoms with van der Waals surface area (Å²) in [5.74, 6) is -1.02. The van der Waals surface area contributed by atoms with E-state index in [0.717, 1.165) is 16.8 Å². The van der Waals surface area contributed by atoms with Crippen molar-refractivity contribution >= 4 is 17.5 Å². The smallest absolute Gasteiger partial charge is 0.274 e. The van der Waals surface area contributed by atoms with Gasteiger partial charge in [-0.05, 0) is 55.2 Å². The van der Waals surface area contributed by atoms with Crippen LogP contribution >= 0.6 is 0 Å². The van der Waals surface area contributed by atoms with E-state index in [2.05, 4.69) is 15.6 Å². The predicted molar refractivity (Wildman–Crippen MR) is 111 cm³/mol. The van der Waals surface area contributed by atoms with Crippen LogP contribution in [0.1, 0.15) is 37.5 Å². The molecule has 0 unspecified atom stereocenters. The van der Waals surface area contributed by atoms with Crippen LogP contribution in [0.2, 0.25) is 0 Å². The van der Waals surface area contributed by atoms with Crippen molar-refractivity contribution in [3.8, 4) is 0 Å². The average Bonchev–Trinajstić information content (AvgIpc) is 2.72. The van der Waals surface area contributed by atoms with Gasteiger partial charge in [-0.2, -0.15) is 0 Å². The summed E-state index contributed by atoms with van der Waals surface area (Å²) in [7, 11) is 0. The molecule has 0 aliphatic heterocycles. The highest BCUT2D eigenvalue weighted by atomic mass is 19.1. The molecule has 29 heavy (non-hydrogen) atoms. The molecule has 0 radical (unpaired) electrons. The monoisotopic (exact) mass is 391 g/mol. The standard InChI is InChI=1S/C23H22FN3O2/c1-15-6-5-7-16(2)21(15)27-23(29)20-14-18(11-12-25-20)22(28)26-13-10-17-8-3-4-9-19(17)24/h3-9,11-12,14H,10,13H2,1-2H3,(H,26,28)(H,27,29). The Kier molecular flexibility index (Phi) is 6.34. The van der Waals surface area contributed by atoms with Gasteiger partial charge in [0.05, 0.1) is 0 Å². The van der Waals surface area contributed by atoms with Gasteiger partial charge in [0.25, 0.3) is 11.8 Å². The molecule has 1 heterocycles. The molecule has 6 heteroatoms. The van der Waals surface area contributed by atoms with Gasteiger partial charge in [-0.1, -0.05) is 36.4 Å². The van der Waals surface area contributed by atoms with E-state index in [4.69, 9.17) is 0 Å². The number of pyridine rings is 1. The van der Waals surface area contributed by atoms with Crippen LogP contribution in [-0.4, -0.2) is 23.3 Å². The van der Waals surface area contributed by atoms with Gasteiger partial charge in [0.1, 0.15) is 11.5 Å². The SMILES string of the molecule is Cc1cccc(C)c1NC(=O)c1cc(C(=O)NCCc2ccccc2F)ccn1. The first-order chi connectivity index (χ1) is 14.0. The van der Waals surface area contributed by atoms with Crippen LogP contribution < -0.4 is 10.6 Å². The van der Waals surface area contributed by atoms with Gasteiger partial charge in [0.15, 0.2) is 0 Å². The van der Waals surface area contributed by atoms with Crippen molar-refractivity contribution in [2.45, 2.75) is 20.3 Å². The number of anilines is 1. The number of para-hydroxylation sites is 1. The molecule has 0 bridgehead atoms. The molecule has 0 aliphatic rings. The fourth-order valence-corrected chi connectivity index (χ4v) is 3.00. The fraction of sp³-hybridized carbons (Fsp3) is 0.174. The van der Waals surface area contributed by atoms with Crippen LogP contribution in [0.5, 0.6) is 0 Å². The molecule has 1 aromatic heterocycles. The number of aryl methyl sites for hydroxylation is 2. The number of nitrogens with one attached hydrogen (secondary N) is 2. The predicted octanol–water partition coefficient (Wildman–Crippen LogP) is 4.06. The van der Waals surface area contributed by atoms with Crippen molar-refractivity contribution in [1.82, 2.24) is 10.3 Å². The Morgan fingerprint density at radius 2 is 1.69 bits per heavy atom. The Balaban J connectivity index is 1.64. The zero-order chi connectivity index (χ0) is 20.8. The Morgan fingerprint density at radius 1 is 0.966 bits per heavy atom. The Hall–Kier alpha value is -3.54. The molecule has 2 amide bonds. The number of halogens is 1. The maximum atomic E-state index is 13.6. The summed E-state index contributed by atoms with van der Waals surface area (Å²) in [6.07, 6.45) is 1.80. The fourth-order valence-electron chi connectivity index (χ4n) is 3.00. The van der Waals surface area contributed by atoms with Crippen molar-refractivity contribution < 1.29 is 14.0 Å². The minimum absolute atomic E-state index is 0.148. The molecule has 0 saturated carbocycles. The van der Waals surface area contributed by atoms with E-state index in [1.54, 1.807) is 18.2 Å². The maximum absolute atomic E-state index is 13.6. The average molecular weight is 391 g/mol. The third-order valence-electron chi connectivity index (χ3n) is 4.61. The number of aromatic nitrogens is 1. The van der Waals surface area contributed by atoms with E-state index in [1.165, 1.54) is 24.4 Å². The zero-order valence-electron chi connectivity index (χ0n) is 16.3. The molecular weight excluding hydrogens is 369 g/mol. The highest BCUT2D eigenvalue weighted by molar-refractivity contribution is 6.05. The Labute approximate surface area is 169 Å². The molecule has 2 aromatic carbocycles. The number of hydrogen-bond acceptors (Lipinski definition) is 3. The summed E-state index contributed by atoms with van der Waals surface area (Å²) in [6.45, 7) is 4.11.